The molecule has 118 valence electrons. The molecule has 0 aromatic heterocycles. The first-order valence-corrected chi connectivity index (χ1v) is 7.26. The molecule has 1 fully saturated rings. The van der Waals surface area contributed by atoms with Gasteiger partial charge in [-0.25, -0.2) is 8.42 Å². The van der Waals surface area contributed by atoms with Crippen LogP contribution in [-0.2, 0) is 10.0 Å². The van der Waals surface area contributed by atoms with E-state index < -0.39 is 52.3 Å². The Bertz CT molecular complexity index is 609. The second-order valence-corrected chi connectivity index (χ2v) is 6.36. The minimum atomic E-state index is -5.03. The van der Waals surface area contributed by atoms with Gasteiger partial charge in [0, 0.05) is 13.1 Å². The number of rotatable bonds is 3. The normalized spacial score (nSPS) is 24.2. The van der Waals surface area contributed by atoms with Crippen molar-refractivity contribution >= 4 is 10.0 Å². The molecule has 0 aliphatic carbocycles. The van der Waals surface area contributed by atoms with Crippen molar-refractivity contribution in [1.29, 1.82) is 0 Å². The molecule has 2 unspecified atom stereocenters. The highest BCUT2D eigenvalue weighted by atomic mass is 32.2. The fourth-order valence-corrected chi connectivity index (χ4v) is 3.53. The average molecular weight is 327 g/mol. The summed E-state index contributed by atoms with van der Waals surface area (Å²) < 4.78 is 65.9. The highest BCUT2D eigenvalue weighted by molar-refractivity contribution is 7.89. The number of ether oxygens (including phenoxy) is 1. The second-order valence-electron chi connectivity index (χ2n) is 4.45. The van der Waals surface area contributed by atoms with E-state index in [0.29, 0.717) is 4.31 Å². The maximum absolute atomic E-state index is 12.3. The lowest BCUT2D eigenvalue weighted by atomic mass is 10.3. The van der Waals surface area contributed by atoms with Gasteiger partial charge in [-0.05, 0) is 12.1 Å². The van der Waals surface area contributed by atoms with Crippen LogP contribution in [0.1, 0.15) is 0 Å². The molecule has 1 heterocycles. The smallest absolute Gasteiger partial charge is 0.404 e. The molecule has 6 nitrogen and oxygen atoms in total. The minimum Gasteiger partial charge on any atom is -0.404 e. The average Bonchev–Trinajstić information content (AvgIpc) is 2.69. The number of nitrogens with zero attached hydrogens (tertiary/aromatic N) is 1. The van der Waals surface area contributed by atoms with Crippen LogP contribution in [0.3, 0.4) is 0 Å². The number of para-hydroxylation sites is 1. The van der Waals surface area contributed by atoms with Gasteiger partial charge in [-0.1, -0.05) is 12.1 Å². The third-order valence-corrected chi connectivity index (χ3v) is 4.79. The van der Waals surface area contributed by atoms with E-state index in [1.54, 1.807) is 0 Å². The molecule has 0 saturated carbocycles. The molecule has 0 radical (unpaired) electrons. The largest absolute Gasteiger partial charge is 0.573 e. The van der Waals surface area contributed by atoms with E-state index in [1.165, 1.54) is 12.1 Å². The zero-order chi connectivity index (χ0) is 15.8. The molecule has 10 heteroatoms. The maximum atomic E-state index is 12.3. The number of hydrogen-bond donors (Lipinski definition) is 2. The lowest BCUT2D eigenvalue weighted by molar-refractivity contribution is -0.275. The third kappa shape index (κ3) is 3.46. The SMILES string of the molecule is O=S(=O)(c1ccccc1OC(F)(F)F)N1CC(O)C(O)C1. The van der Waals surface area contributed by atoms with E-state index in [0.717, 1.165) is 12.1 Å². The lowest BCUT2D eigenvalue weighted by Crippen LogP contribution is -2.31. The number of β-amino-alcohol motifs (C(OH)–C–C–N with tert-alkyl or cyclic N) is 2. The predicted molar refractivity (Wildman–Crippen MR) is 63.9 cm³/mol. The Morgan fingerprint density at radius 3 is 2.19 bits per heavy atom. The van der Waals surface area contributed by atoms with Crippen molar-refractivity contribution in [2.45, 2.75) is 23.5 Å². The number of aliphatic hydroxyl groups excluding tert-OH is 2. The minimum absolute atomic E-state index is 0.399. The number of aliphatic hydroxyl groups is 2. The van der Waals surface area contributed by atoms with Crippen molar-refractivity contribution in [3.05, 3.63) is 24.3 Å². The van der Waals surface area contributed by atoms with Gasteiger partial charge in [-0.2, -0.15) is 4.31 Å². The summed E-state index contributed by atoms with van der Waals surface area (Å²) in [6, 6.07) is 4.30. The molecule has 0 amide bonds. The van der Waals surface area contributed by atoms with Crippen molar-refractivity contribution in [1.82, 2.24) is 4.31 Å². The van der Waals surface area contributed by atoms with Crippen LogP contribution in [0.25, 0.3) is 0 Å². The molecule has 1 aromatic rings. The van der Waals surface area contributed by atoms with Crippen LogP contribution in [0, 0.1) is 0 Å². The molecule has 2 atom stereocenters. The van der Waals surface area contributed by atoms with Crippen molar-refractivity contribution in [3.8, 4) is 5.75 Å². The van der Waals surface area contributed by atoms with Crippen LogP contribution in [-0.4, -0.2) is 54.6 Å². The van der Waals surface area contributed by atoms with Crippen molar-refractivity contribution < 1.29 is 36.5 Å². The molecule has 1 aliphatic heterocycles. The Labute approximate surface area is 118 Å². The van der Waals surface area contributed by atoms with Crippen LogP contribution in [0.2, 0.25) is 0 Å². The fourth-order valence-electron chi connectivity index (χ4n) is 1.94. The van der Waals surface area contributed by atoms with Gasteiger partial charge in [0.2, 0.25) is 10.0 Å². The van der Waals surface area contributed by atoms with Crippen LogP contribution in [0.15, 0.2) is 29.2 Å². The van der Waals surface area contributed by atoms with Crippen LogP contribution >= 0.6 is 0 Å². The van der Waals surface area contributed by atoms with Gasteiger partial charge >= 0.3 is 6.36 Å². The van der Waals surface area contributed by atoms with Crippen LogP contribution < -0.4 is 4.74 Å². The summed E-state index contributed by atoms with van der Waals surface area (Å²) in [5, 5.41) is 18.7. The summed E-state index contributed by atoms with van der Waals surface area (Å²) in [6.45, 7) is -0.798. The summed E-state index contributed by atoms with van der Waals surface area (Å²) in [7, 11) is -4.32. The van der Waals surface area contributed by atoms with Gasteiger partial charge in [-0.3, -0.25) is 0 Å². The highest BCUT2D eigenvalue weighted by Gasteiger charge is 2.40. The number of alkyl halides is 3. The highest BCUT2D eigenvalue weighted by Crippen LogP contribution is 2.32. The molecular weight excluding hydrogens is 315 g/mol. The molecule has 1 saturated heterocycles. The zero-order valence-electron chi connectivity index (χ0n) is 10.5. The van der Waals surface area contributed by atoms with Gasteiger partial charge in [0.15, 0.2) is 0 Å². The fraction of sp³-hybridized carbons (Fsp3) is 0.455. The molecule has 21 heavy (non-hydrogen) atoms. The van der Waals surface area contributed by atoms with Crippen molar-refractivity contribution in [2.75, 3.05) is 13.1 Å². The van der Waals surface area contributed by atoms with E-state index in [1.807, 2.05) is 0 Å². The topological polar surface area (TPSA) is 87.1 Å². The Morgan fingerprint density at radius 1 is 1.14 bits per heavy atom. The van der Waals surface area contributed by atoms with E-state index in [9.17, 15) is 31.8 Å². The summed E-state index contributed by atoms with van der Waals surface area (Å²) in [5.74, 6) is -0.860. The van der Waals surface area contributed by atoms with E-state index in [-0.39, 0.29) is 0 Å². The number of benzene rings is 1. The van der Waals surface area contributed by atoms with Gasteiger partial charge in [0.25, 0.3) is 0 Å². The zero-order valence-corrected chi connectivity index (χ0v) is 11.3. The first-order chi connectivity index (χ1) is 9.61. The lowest BCUT2D eigenvalue weighted by Gasteiger charge is -2.18. The number of halogens is 3. The molecular formula is C11H12F3NO5S. The first kappa shape index (κ1) is 16.0. The monoisotopic (exact) mass is 327 g/mol. The summed E-state index contributed by atoms with van der Waals surface area (Å²) in [5.41, 5.74) is 0. The molecule has 0 spiro atoms. The Morgan fingerprint density at radius 2 is 1.67 bits per heavy atom. The third-order valence-electron chi connectivity index (χ3n) is 2.92. The van der Waals surface area contributed by atoms with Gasteiger partial charge < -0.3 is 14.9 Å². The number of hydrogen-bond acceptors (Lipinski definition) is 5. The molecule has 0 bridgehead atoms. The molecule has 1 aliphatic rings. The van der Waals surface area contributed by atoms with Gasteiger partial charge in [-0.15, -0.1) is 13.2 Å². The van der Waals surface area contributed by atoms with Gasteiger partial charge in [0.05, 0.1) is 12.2 Å². The van der Waals surface area contributed by atoms with Crippen molar-refractivity contribution in [3.63, 3.8) is 0 Å². The second kappa shape index (κ2) is 5.44. The summed E-state index contributed by atoms with van der Waals surface area (Å²) in [4.78, 5) is -0.677. The molecule has 2 N–H and O–H groups in total. The molecule has 2 rings (SSSR count). The maximum Gasteiger partial charge on any atom is 0.573 e. The van der Waals surface area contributed by atoms with Gasteiger partial charge in [0.1, 0.15) is 10.6 Å². The van der Waals surface area contributed by atoms with Crippen LogP contribution in [0.4, 0.5) is 13.2 Å². The summed E-state index contributed by atoms with van der Waals surface area (Å²) >= 11 is 0. The Kier molecular flexibility index (Phi) is 4.15. The van der Waals surface area contributed by atoms with E-state index in [2.05, 4.69) is 4.74 Å². The van der Waals surface area contributed by atoms with Crippen molar-refractivity contribution in [2.24, 2.45) is 0 Å². The molecule has 1 aromatic carbocycles. The Hall–Kier alpha value is -1.36. The number of sulfonamides is 1. The quantitative estimate of drug-likeness (QED) is 0.834. The predicted octanol–water partition coefficient (Wildman–Crippen LogP) is 0.311. The first-order valence-electron chi connectivity index (χ1n) is 5.82. The van der Waals surface area contributed by atoms with Crippen LogP contribution in [0.5, 0.6) is 5.75 Å². The van der Waals surface area contributed by atoms with E-state index >= 15 is 0 Å². The van der Waals surface area contributed by atoms with E-state index in [4.69, 9.17) is 0 Å². The standard InChI is InChI=1S/C11H12F3NO5S/c12-11(13,14)20-9-3-1-2-4-10(9)21(18,19)15-5-7(16)8(17)6-15/h1-4,7-8,16-17H,5-6H2. The Balaban J connectivity index is 2.37. The summed E-state index contributed by atoms with van der Waals surface area (Å²) in [6.07, 6.45) is -7.60.